The Morgan fingerprint density at radius 1 is 0.974 bits per heavy atom. The fourth-order valence-electron chi connectivity index (χ4n) is 4.74. The van der Waals surface area contributed by atoms with Crippen LogP contribution in [-0.2, 0) is 16.2 Å². The summed E-state index contributed by atoms with van der Waals surface area (Å²) in [4.78, 5) is 30.0. The van der Waals surface area contributed by atoms with Crippen molar-refractivity contribution in [1.29, 1.82) is 0 Å². The predicted octanol–water partition coefficient (Wildman–Crippen LogP) is 5.04. The van der Waals surface area contributed by atoms with E-state index in [2.05, 4.69) is 4.90 Å². The number of likely N-dealkylation sites (tertiary alicyclic amines) is 1. The molecule has 0 bridgehead atoms. The molecule has 1 aliphatic heterocycles. The van der Waals surface area contributed by atoms with Gasteiger partial charge in [-0.15, -0.1) is 0 Å². The molecule has 0 radical (unpaired) electrons. The third kappa shape index (κ3) is 5.73. The van der Waals surface area contributed by atoms with Crippen molar-refractivity contribution < 1.29 is 24.5 Å². The molecule has 1 fully saturated rings. The first kappa shape index (κ1) is 26.9. The largest absolute Gasteiger partial charge is 0.508 e. The monoisotopic (exact) mass is 514 g/mol. The Kier molecular flexibility index (Phi) is 8.48. The van der Waals surface area contributed by atoms with Gasteiger partial charge < -0.3 is 24.7 Å². The molecule has 198 valence electrons. The van der Waals surface area contributed by atoms with Crippen LogP contribution >= 0.6 is 0 Å². The molecule has 1 amide bonds. The van der Waals surface area contributed by atoms with E-state index in [9.17, 15) is 19.8 Å². The molecule has 2 N–H and O–H groups in total. The van der Waals surface area contributed by atoms with E-state index in [1.807, 2.05) is 45.0 Å². The smallest absolute Gasteiger partial charge is 0.295 e. The molecule has 0 spiro atoms. The van der Waals surface area contributed by atoms with E-state index in [0.29, 0.717) is 36.6 Å². The highest BCUT2D eigenvalue weighted by Gasteiger charge is 2.46. The summed E-state index contributed by atoms with van der Waals surface area (Å²) in [6.45, 7) is 9.05. The number of carbonyl (C=O) groups excluding carboxylic acids is 2. The number of carbonyl (C=O) groups is 2. The molecule has 0 saturated carbocycles. The lowest BCUT2D eigenvalue weighted by atomic mass is 9.95. The molecule has 7 nitrogen and oxygen atoms in total. The number of aromatic hydroxyl groups is 1. The van der Waals surface area contributed by atoms with Crippen LogP contribution < -0.4 is 4.74 Å². The maximum Gasteiger partial charge on any atom is 0.295 e. The summed E-state index contributed by atoms with van der Waals surface area (Å²) in [5.74, 6) is -1.02. The lowest BCUT2D eigenvalue weighted by Gasteiger charge is -2.28. The second-order valence-corrected chi connectivity index (χ2v) is 9.35. The van der Waals surface area contributed by atoms with Crippen LogP contribution in [0.25, 0.3) is 5.76 Å². The maximum absolute atomic E-state index is 13.2. The minimum Gasteiger partial charge on any atom is -0.508 e. The fourth-order valence-corrected chi connectivity index (χ4v) is 4.74. The van der Waals surface area contributed by atoms with E-state index in [1.54, 1.807) is 36.4 Å². The number of hydrogen-bond acceptors (Lipinski definition) is 6. The van der Waals surface area contributed by atoms with Crippen molar-refractivity contribution in [3.05, 3.63) is 101 Å². The highest BCUT2D eigenvalue weighted by atomic mass is 16.5. The van der Waals surface area contributed by atoms with Crippen molar-refractivity contribution >= 4 is 17.4 Å². The van der Waals surface area contributed by atoms with Crippen molar-refractivity contribution in [3.63, 3.8) is 0 Å². The Balaban J connectivity index is 1.64. The van der Waals surface area contributed by atoms with Gasteiger partial charge >= 0.3 is 0 Å². The number of likely N-dealkylation sites (N-methyl/N-ethyl adjacent to an activating group) is 1. The average Bonchev–Trinajstić information content (AvgIpc) is 3.18. The van der Waals surface area contributed by atoms with Gasteiger partial charge in [0.1, 0.15) is 23.9 Å². The molecule has 1 aliphatic rings. The molecule has 1 unspecified atom stereocenters. The lowest BCUT2D eigenvalue weighted by Crippen LogP contribution is -2.38. The number of phenolic OH excluding ortho intramolecular Hbond substituents is 1. The molecule has 1 saturated heterocycles. The van der Waals surface area contributed by atoms with Gasteiger partial charge in [0.2, 0.25) is 0 Å². The fraction of sp³-hybridized carbons (Fsp3) is 0.290. The Hall–Kier alpha value is -4.10. The highest BCUT2D eigenvalue weighted by molar-refractivity contribution is 6.46. The van der Waals surface area contributed by atoms with E-state index in [0.717, 1.165) is 24.2 Å². The standard InChI is InChI=1S/C31H34N2O5/c1-4-32(5-2)17-18-33-28(23-11-8-12-25(34)19-23)27(30(36)31(33)37)29(35)22-13-15-26(16-14-22)38-20-24-10-7-6-9-21(24)3/h6-16,19,28,34-35H,4-5,17-18,20H2,1-3H3/b29-27+. The first-order valence-electron chi connectivity index (χ1n) is 12.9. The summed E-state index contributed by atoms with van der Waals surface area (Å²) < 4.78 is 5.91. The highest BCUT2D eigenvalue weighted by Crippen LogP contribution is 2.40. The summed E-state index contributed by atoms with van der Waals surface area (Å²) in [7, 11) is 0. The Bertz CT molecular complexity index is 1330. The summed E-state index contributed by atoms with van der Waals surface area (Å²) in [5.41, 5.74) is 3.19. The topological polar surface area (TPSA) is 90.3 Å². The van der Waals surface area contributed by atoms with Crippen LogP contribution in [0.5, 0.6) is 11.5 Å². The number of ketones is 1. The number of aliphatic hydroxyl groups is 1. The number of Topliss-reactive ketones (excluding diaryl/α,β-unsaturated/α-hetero) is 1. The van der Waals surface area contributed by atoms with Gasteiger partial charge in [0.05, 0.1) is 11.6 Å². The SMILES string of the molecule is CCN(CC)CCN1C(=O)C(=O)/C(=C(/O)c2ccc(OCc3ccccc3C)cc2)C1c1cccc(O)c1. The van der Waals surface area contributed by atoms with Gasteiger partial charge in [0, 0.05) is 18.7 Å². The minimum atomic E-state index is -0.811. The summed E-state index contributed by atoms with van der Waals surface area (Å²) >= 11 is 0. The number of phenols is 1. The summed E-state index contributed by atoms with van der Waals surface area (Å²) in [6, 6.07) is 20.4. The first-order chi connectivity index (χ1) is 18.3. The van der Waals surface area contributed by atoms with Gasteiger partial charge in [0.15, 0.2) is 0 Å². The zero-order valence-corrected chi connectivity index (χ0v) is 22.1. The molecule has 1 atom stereocenters. The zero-order chi connectivity index (χ0) is 27.2. The van der Waals surface area contributed by atoms with E-state index in [-0.39, 0.29) is 17.1 Å². The van der Waals surface area contributed by atoms with E-state index in [1.165, 1.54) is 17.0 Å². The van der Waals surface area contributed by atoms with Crippen molar-refractivity contribution in [1.82, 2.24) is 9.80 Å². The van der Waals surface area contributed by atoms with Crippen LogP contribution in [0.1, 0.15) is 42.1 Å². The van der Waals surface area contributed by atoms with E-state index >= 15 is 0 Å². The zero-order valence-electron chi connectivity index (χ0n) is 22.1. The number of aryl methyl sites for hydroxylation is 1. The van der Waals surface area contributed by atoms with Gasteiger partial charge in [-0.3, -0.25) is 9.59 Å². The van der Waals surface area contributed by atoms with Gasteiger partial charge in [0.25, 0.3) is 11.7 Å². The quantitative estimate of drug-likeness (QED) is 0.224. The number of benzene rings is 3. The molecule has 7 heteroatoms. The van der Waals surface area contributed by atoms with Gasteiger partial charge in [-0.1, -0.05) is 50.2 Å². The Morgan fingerprint density at radius 2 is 1.68 bits per heavy atom. The number of nitrogens with zero attached hydrogens (tertiary/aromatic N) is 2. The second kappa shape index (κ2) is 12.0. The molecular weight excluding hydrogens is 480 g/mol. The number of aliphatic hydroxyl groups excluding tert-OH is 1. The van der Waals surface area contributed by atoms with E-state index < -0.39 is 17.7 Å². The maximum atomic E-state index is 13.2. The van der Waals surface area contributed by atoms with Crippen LogP contribution in [0.15, 0.2) is 78.4 Å². The summed E-state index contributed by atoms with van der Waals surface area (Å²) in [6.07, 6.45) is 0. The third-order valence-electron chi connectivity index (χ3n) is 7.06. The number of ether oxygens (including phenoxy) is 1. The molecule has 3 aromatic carbocycles. The van der Waals surface area contributed by atoms with Crippen LogP contribution in [0, 0.1) is 6.92 Å². The molecule has 0 aliphatic carbocycles. The lowest BCUT2D eigenvalue weighted by molar-refractivity contribution is -0.140. The molecule has 0 aromatic heterocycles. The molecule has 4 rings (SSSR count). The molecule has 38 heavy (non-hydrogen) atoms. The first-order valence-corrected chi connectivity index (χ1v) is 12.9. The Labute approximate surface area is 223 Å². The molecule has 3 aromatic rings. The normalized spacial score (nSPS) is 16.8. The van der Waals surface area contributed by atoms with Gasteiger partial charge in [-0.25, -0.2) is 0 Å². The number of rotatable bonds is 10. The van der Waals surface area contributed by atoms with Gasteiger partial charge in [-0.2, -0.15) is 0 Å². The van der Waals surface area contributed by atoms with Crippen molar-refractivity contribution in [2.45, 2.75) is 33.4 Å². The number of hydrogen-bond donors (Lipinski definition) is 2. The molecular formula is C31H34N2O5. The third-order valence-corrected chi connectivity index (χ3v) is 7.06. The molecule has 1 heterocycles. The summed E-state index contributed by atoms with van der Waals surface area (Å²) in [5, 5.41) is 21.4. The minimum absolute atomic E-state index is 0.00808. The van der Waals surface area contributed by atoms with Crippen LogP contribution in [-0.4, -0.2) is 57.9 Å². The second-order valence-electron chi connectivity index (χ2n) is 9.35. The van der Waals surface area contributed by atoms with Crippen molar-refractivity contribution in [2.75, 3.05) is 26.2 Å². The van der Waals surface area contributed by atoms with Crippen molar-refractivity contribution in [3.8, 4) is 11.5 Å². The van der Waals surface area contributed by atoms with Crippen LogP contribution in [0.2, 0.25) is 0 Å². The average molecular weight is 515 g/mol. The van der Waals surface area contributed by atoms with Gasteiger partial charge in [-0.05, 0) is 73.1 Å². The Morgan fingerprint density at radius 3 is 2.34 bits per heavy atom. The van der Waals surface area contributed by atoms with Crippen LogP contribution in [0.3, 0.4) is 0 Å². The van der Waals surface area contributed by atoms with E-state index in [4.69, 9.17) is 4.74 Å². The van der Waals surface area contributed by atoms with Crippen molar-refractivity contribution in [2.24, 2.45) is 0 Å². The predicted molar refractivity (Wildman–Crippen MR) is 147 cm³/mol. The van der Waals surface area contributed by atoms with Crippen LogP contribution in [0.4, 0.5) is 0 Å². The number of amides is 1.